The molecule has 0 aromatic heterocycles. The van der Waals surface area contributed by atoms with Crippen LogP contribution in [0.4, 0.5) is 11.4 Å². The Morgan fingerprint density at radius 1 is 1.10 bits per heavy atom. The third kappa shape index (κ3) is 3.95. The lowest BCUT2D eigenvalue weighted by Gasteiger charge is -2.15. The normalized spacial score (nSPS) is 9.76. The first-order chi connectivity index (χ1) is 14.1. The number of amides is 1. The van der Waals surface area contributed by atoms with Gasteiger partial charge in [-0.25, -0.2) is 0 Å². The van der Waals surface area contributed by atoms with Crippen molar-refractivity contribution in [3.8, 4) is 23.6 Å². The van der Waals surface area contributed by atoms with E-state index < -0.39 is 5.91 Å². The molecule has 0 fully saturated rings. The Morgan fingerprint density at radius 2 is 1.79 bits per heavy atom. The van der Waals surface area contributed by atoms with E-state index in [1.165, 1.54) is 13.3 Å². The maximum atomic E-state index is 12.9. The van der Waals surface area contributed by atoms with Gasteiger partial charge in [-0.2, -0.15) is 10.5 Å². The number of fused-ring (bicyclic) bond motifs is 1. The lowest BCUT2D eigenvalue weighted by molar-refractivity contribution is 0.102. The first-order valence-corrected chi connectivity index (χ1v) is 8.55. The molecule has 0 radical (unpaired) electrons. The molecule has 0 aliphatic rings. The molecule has 0 heterocycles. The summed E-state index contributed by atoms with van der Waals surface area (Å²) in [4.78, 5) is 12.9. The third-order valence-corrected chi connectivity index (χ3v) is 4.22. The lowest BCUT2D eigenvalue weighted by atomic mass is 10.0. The number of carbonyl (C=O) groups excluding carboxylic acids is 1. The maximum Gasteiger partial charge on any atom is 0.259 e. The number of anilines is 2. The number of nitrogens with one attached hydrogen (secondary N) is 2. The summed E-state index contributed by atoms with van der Waals surface area (Å²) in [7, 11) is 1.49. The number of ether oxygens (including phenoxy) is 1. The molecule has 0 saturated heterocycles. The number of nitrogens with zero attached hydrogens (tertiary/aromatic N) is 2. The molecule has 0 unspecified atom stereocenters. The highest BCUT2D eigenvalue weighted by Gasteiger charge is 2.19. The number of allylic oxidation sites excluding steroid dienone is 1. The first kappa shape index (κ1) is 19.3. The number of benzene rings is 3. The molecular formula is C22H16N4O3. The zero-order valence-electron chi connectivity index (χ0n) is 15.4. The monoisotopic (exact) mass is 384 g/mol. The van der Waals surface area contributed by atoms with Crippen molar-refractivity contribution in [1.82, 2.24) is 0 Å². The number of hydrogen-bond acceptors (Lipinski definition) is 6. The predicted octanol–water partition coefficient (Wildman–Crippen LogP) is 4.15. The Bertz CT molecular complexity index is 1190. The van der Waals surface area contributed by atoms with Gasteiger partial charge >= 0.3 is 0 Å². The van der Waals surface area contributed by atoms with Crippen molar-refractivity contribution in [3.05, 3.63) is 71.9 Å². The van der Waals surface area contributed by atoms with Crippen LogP contribution in [0.15, 0.2) is 66.4 Å². The zero-order valence-corrected chi connectivity index (χ0v) is 15.4. The third-order valence-electron chi connectivity index (χ3n) is 4.22. The van der Waals surface area contributed by atoms with E-state index in [9.17, 15) is 9.90 Å². The second-order valence-corrected chi connectivity index (χ2v) is 5.95. The predicted molar refractivity (Wildman–Crippen MR) is 109 cm³/mol. The molecule has 0 aliphatic carbocycles. The minimum absolute atomic E-state index is 0.0287. The van der Waals surface area contributed by atoms with Crippen molar-refractivity contribution in [2.24, 2.45) is 0 Å². The van der Waals surface area contributed by atoms with Crippen LogP contribution in [0.3, 0.4) is 0 Å². The van der Waals surface area contributed by atoms with Gasteiger partial charge in [-0.15, -0.1) is 0 Å². The fourth-order valence-corrected chi connectivity index (χ4v) is 2.83. The number of phenols is 1. The van der Waals surface area contributed by atoms with Gasteiger partial charge in [-0.1, -0.05) is 36.4 Å². The minimum atomic E-state index is -0.537. The molecule has 1 amide bonds. The van der Waals surface area contributed by atoms with Gasteiger partial charge < -0.3 is 20.5 Å². The van der Waals surface area contributed by atoms with Gasteiger partial charge in [0.1, 0.15) is 23.5 Å². The van der Waals surface area contributed by atoms with E-state index in [4.69, 9.17) is 15.3 Å². The Balaban J connectivity index is 2.08. The van der Waals surface area contributed by atoms with E-state index in [2.05, 4.69) is 10.6 Å². The smallest absolute Gasteiger partial charge is 0.259 e. The minimum Gasteiger partial charge on any atom is -0.505 e. The van der Waals surface area contributed by atoms with Gasteiger partial charge in [-0.05, 0) is 23.6 Å². The number of para-hydroxylation sites is 2. The van der Waals surface area contributed by atoms with Crippen LogP contribution in [0.2, 0.25) is 0 Å². The van der Waals surface area contributed by atoms with Crippen molar-refractivity contribution in [2.45, 2.75) is 0 Å². The van der Waals surface area contributed by atoms with Gasteiger partial charge in [0.05, 0.1) is 24.0 Å². The molecule has 3 rings (SSSR count). The Kier molecular flexibility index (Phi) is 5.63. The van der Waals surface area contributed by atoms with Crippen LogP contribution in [-0.2, 0) is 0 Å². The van der Waals surface area contributed by atoms with Crippen molar-refractivity contribution in [1.29, 1.82) is 10.5 Å². The molecular weight excluding hydrogens is 368 g/mol. The van der Waals surface area contributed by atoms with Crippen LogP contribution in [0, 0.1) is 22.7 Å². The number of rotatable bonds is 5. The molecule has 29 heavy (non-hydrogen) atoms. The van der Waals surface area contributed by atoms with Crippen LogP contribution in [0.5, 0.6) is 11.5 Å². The van der Waals surface area contributed by atoms with Crippen molar-refractivity contribution in [3.63, 3.8) is 0 Å². The van der Waals surface area contributed by atoms with Gasteiger partial charge in [-0.3, -0.25) is 4.79 Å². The van der Waals surface area contributed by atoms with Gasteiger partial charge in [0, 0.05) is 11.6 Å². The number of carbonyl (C=O) groups is 1. The van der Waals surface area contributed by atoms with E-state index in [-0.39, 0.29) is 22.6 Å². The SMILES string of the molecule is COc1ccccc1NC(=O)c1cc2ccccc2c(NC=C(C#N)C#N)c1O. The average Bonchev–Trinajstić information content (AvgIpc) is 2.75. The number of methoxy groups -OCH3 is 1. The van der Waals surface area contributed by atoms with Gasteiger partial charge in [0.15, 0.2) is 5.75 Å². The Labute approximate surface area is 167 Å². The summed E-state index contributed by atoms with van der Waals surface area (Å²) in [6.07, 6.45) is 1.18. The average molecular weight is 384 g/mol. The summed E-state index contributed by atoms with van der Waals surface area (Å²) in [5.74, 6) is -0.358. The molecule has 7 heteroatoms. The van der Waals surface area contributed by atoms with Crippen LogP contribution < -0.4 is 15.4 Å². The first-order valence-electron chi connectivity index (χ1n) is 8.55. The molecule has 142 valence electrons. The molecule has 0 aliphatic heterocycles. The van der Waals surface area contributed by atoms with Crippen molar-refractivity contribution < 1.29 is 14.6 Å². The highest BCUT2D eigenvalue weighted by molar-refractivity contribution is 6.12. The molecule has 3 N–H and O–H groups in total. The van der Waals surface area contributed by atoms with E-state index in [0.717, 1.165) is 0 Å². The summed E-state index contributed by atoms with van der Waals surface area (Å²) < 4.78 is 5.24. The standard InChI is InChI=1S/C22H16N4O3/c1-29-19-9-5-4-8-18(19)26-22(28)17-10-15-6-2-3-7-16(15)20(21(17)27)25-13-14(11-23)12-24/h2-10,13,25,27H,1H3,(H,26,28). The summed E-state index contributed by atoms with van der Waals surface area (Å²) in [5.41, 5.74) is 0.535. The number of phenolic OH excluding ortho intramolecular Hbond substituents is 1. The molecule has 0 spiro atoms. The quantitative estimate of drug-likeness (QED) is 0.449. The van der Waals surface area contributed by atoms with E-state index in [0.29, 0.717) is 22.2 Å². The van der Waals surface area contributed by atoms with Crippen molar-refractivity contribution >= 4 is 28.1 Å². The lowest BCUT2D eigenvalue weighted by Crippen LogP contribution is -2.13. The second-order valence-electron chi connectivity index (χ2n) is 5.95. The van der Waals surface area contributed by atoms with Gasteiger partial charge in [0.2, 0.25) is 0 Å². The summed E-state index contributed by atoms with van der Waals surface area (Å²) in [6, 6.07) is 19.1. The Hall–Kier alpha value is -4.49. The van der Waals surface area contributed by atoms with Crippen LogP contribution >= 0.6 is 0 Å². The van der Waals surface area contributed by atoms with Crippen molar-refractivity contribution in [2.75, 3.05) is 17.7 Å². The summed E-state index contributed by atoms with van der Waals surface area (Å²) in [6.45, 7) is 0. The largest absolute Gasteiger partial charge is 0.505 e. The molecule has 7 nitrogen and oxygen atoms in total. The van der Waals surface area contributed by atoms with Crippen LogP contribution in [0.25, 0.3) is 10.8 Å². The summed E-state index contributed by atoms with van der Waals surface area (Å²) in [5, 5.41) is 35.4. The molecule has 0 bridgehead atoms. The number of aromatic hydroxyl groups is 1. The van der Waals surface area contributed by atoms with E-state index in [1.807, 2.05) is 0 Å². The molecule has 0 saturated carbocycles. The van der Waals surface area contributed by atoms with Crippen LogP contribution in [0.1, 0.15) is 10.4 Å². The van der Waals surface area contributed by atoms with E-state index >= 15 is 0 Å². The molecule has 3 aromatic carbocycles. The second kappa shape index (κ2) is 8.47. The van der Waals surface area contributed by atoms with Crippen LogP contribution in [-0.4, -0.2) is 18.1 Å². The highest BCUT2D eigenvalue weighted by Crippen LogP contribution is 2.37. The highest BCUT2D eigenvalue weighted by atomic mass is 16.5. The number of hydrogen-bond donors (Lipinski definition) is 3. The number of nitriles is 2. The molecule has 3 aromatic rings. The fourth-order valence-electron chi connectivity index (χ4n) is 2.83. The van der Waals surface area contributed by atoms with E-state index in [1.54, 1.807) is 66.7 Å². The van der Waals surface area contributed by atoms with Gasteiger partial charge in [0.25, 0.3) is 5.91 Å². The molecule has 0 atom stereocenters. The zero-order chi connectivity index (χ0) is 20.8. The maximum absolute atomic E-state index is 12.9. The fraction of sp³-hybridized carbons (Fsp3) is 0.0455. The topological polar surface area (TPSA) is 118 Å². The summed E-state index contributed by atoms with van der Waals surface area (Å²) >= 11 is 0. The Morgan fingerprint density at radius 3 is 2.52 bits per heavy atom.